The van der Waals surface area contributed by atoms with Crippen molar-refractivity contribution in [2.45, 2.75) is 44.6 Å². The van der Waals surface area contributed by atoms with E-state index in [1.54, 1.807) is 0 Å². The predicted molar refractivity (Wildman–Crippen MR) is 71.9 cm³/mol. The minimum absolute atomic E-state index is 0.544. The van der Waals surface area contributed by atoms with Gasteiger partial charge in [-0.1, -0.05) is 19.8 Å². The van der Waals surface area contributed by atoms with Gasteiger partial charge in [0.05, 0.1) is 6.20 Å². The first-order valence-electron chi connectivity index (χ1n) is 7.18. The molecule has 1 aliphatic heterocycles. The SMILES string of the molecule is CCC[C@H]1C[C@@H]1c1cncc(OC[C@@H]2CCN2)c1. The zero-order valence-corrected chi connectivity index (χ0v) is 11.1. The van der Waals surface area contributed by atoms with Crippen molar-refractivity contribution in [2.24, 2.45) is 5.92 Å². The molecular formula is C15H22N2O. The fraction of sp³-hybridized carbons (Fsp3) is 0.667. The van der Waals surface area contributed by atoms with Gasteiger partial charge in [0.2, 0.25) is 0 Å². The molecule has 1 aliphatic carbocycles. The summed E-state index contributed by atoms with van der Waals surface area (Å²) in [5.74, 6) is 2.56. The highest BCUT2D eigenvalue weighted by Crippen LogP contribution is 2.50. The molecule has 0 spiro atoms. The largest absolute Gasteiger partial charge is 0.490 e. The number of rotatable bonds is 6. The van der Waals surface area contributed by atoms with Crippen LogP contribution in [0.5, 0.6) is 5.75 Å². The maximum absolute atomic E-state index is 5.80. The Morgan fingerprint density at radius 1 is 1.44 bits per heavy atom. The minimum atomic E-state index is 0.544. The summed E-state index contributed by atoms with van der Waals surface area (Å²) < 4.78 is 5.80. The fourth-order valence-electron chi connectivity index (χ4n) is 2.75. The molecule has 0 amide bonds. The van der Waals surface area contributed by atoms with Gasteiger partial charge < -0.3 is 10.1 Å². The molecule has 0 aromatic carbocycles. The third-order valence-electron chi connectivity index (χ3n) is 4.12. The molecule has 1 aromatic heterocycles. The molecule has 18 heavy (non-hydrogen) atoms. The van der Waals surface area contributed by atoms with E-state index in [1.807, 2.05) is 12.4 Å². The van der Waals surface area contributed by atoms with Crippen molar-refractivity contribution in [3.63, 3.8) is 0 Å². The molecule has 3 heteroatoms. The Hall–Kier alpha value is -1.09. The van der Waals surface area contributed by atoms with Gasteiger partial charge in [0.15, 0.2) is 0 Å². The molecule has 2 fully saturated rings. The third kappa shape index (κ3) is 2.66. The lowest BCUT2D eigenvalue weighted by Gasteiger charge is -2.27. The molecule has 2 heterocycles. The molecule has 1 saturated heterocycles. The molecule has 3 rings (SSSR count). The van der Waals surface area contributed by atoms with Gasteiger partial charge in [-0.05, 0) is 42.9 Å². The second kappa shape index (κ2) is 5.27. The van der Waals surface area contributed by atoms with Crippen LogP contribution in [0.15, 0.2) is 18.5 Å². The smallest absolute Gasteiger partial charge is 0.137 e. The zero-order valence-electron chi connectivity index (χ0n) is 11.1. The fourth-order valence-corrected chi connectivity index (χ4v) is 2.75. The summed E-state index contributed by atoms with van der Waals surface area (Å²) in [5.41, 5.74) is 1.37. The van der Waals surface area contributed by atoms with Crippen molar-refractivity contribution in [1.82, 2.24) is 10.3 Å². The van der Waals surface area contributed by atoms with E-state index in [-0.39, 0.29) is 0 Å². The second-order valence-corrected chi connectivity index (χ2v) is 5.60. The number of pyridine rings is 1. The molecule has 0 bridgehead atoms. The highest BCUT2D eigenvalue weighted by molar-refractivity contribution is 5.30. The molecule has 1 aromatic rings. The Kier molecular flexibility index (Phi) is 3.50. The summed E-state index contributed by atoms with van der Waals surface area (Å²) in [5, 5.41) is 3.34. The van der Waals surface area contributed by atoms with Crippen LogP contribution >= 0.6 is 0 Å². The summed E-state index contributed by atoms with van der Waals surface area (Å²) in [4.78, 5) is 4.32. The Labute approximate surface area is 109 Å². The van der Waals surface area contributed by atoms with Crippen molar-refractivity contribution in [3.8, 4) is 5.75 Å². The van der Waals surface area contributed by atoms with Gasteiger partial charge in [-0.25, -0.2) is 0 Å². The average Bonchev–Trinajstić information content (AvgIpc) is 3.07. The molecule has 0 radical (unpaired) electrons. The highest BCUT2D eigenvalue weighted by atomic mass is 16.5. The lowest BCUT2D eigenvalue weighted by molar-refractivity contribution is 0.217. The van der Waals surface area contributed by atoms with Crippen LogP contribution in [0.25, 0.3) is 0 Å². The van der Waals surface area contributed by atoms with Crippen molar-refractivity contribution in [2.75, 3.05) is 13.2 Å². The van der Waals surface area contributed by atoms with Crippen LogP contribution in [0.4, 0.5) is 0 Å². The quantitative estimate of drug-likeness (QED) is 0.838. The van der Waals surface area contributed by atoms with Gasteiger partial charge in [0, 0.05) is 12.2 Å². The number of nitrogens with zero attached hydrogens (tertiary/aromatic N) is 1. The van der Waals surface area contributed by atoms with E-state index in [0.29, 0.717) is 6.04 Å². The number of nitrogens with one attached hydrogen (secondary N) is 1. The Bertz CT molecular complexity index is 403. The van der Waals surface area contributed by atoms with Crippen LogP contribution in [0, 0.1) is 5.92 Å². The third-order valence-corrected chi connectivity index (χ3v) is 4.12. The molecule has 2 aliphatic rings. The Morgan fingerprint density at radius 2 is 2.33 bits per heavy atom. The molecule has 0 unspecified atom stereocenters. The first-order valence-corrected chi connectivity index (χ1v) is 7.18. The summed E-state index contributed by atoms with van der Waals surface area (Å²) >= 11 is 0. The van der Waals surface area contributed by atoms with Crippen LogP contribution in [0.2, 0.25) is 0 Å². The molecular weight excluding hydrogens is 224 g/mol. The number of aromatic nitrogens is 1. The topological polar surface area (TPSA) is 34.1 Å². The van der Waals surface area contributed by atoms with Crippen LogP contribution in [-0.2, 0) is 0 Å². The zero-order chi connectivity index (χ0) is 12.4. The van der Waals surface area contributed by atoms with E-state index < -0.39 is 0 Å². The molecule has 3 nitrogen and oxygen atoms in total. The van der Waals surface area contributed by atoms with Crippen molar-refractivity contribution < 1.29 is 4.74 Å². The maximum atomic E-state index is 5.80. The average molecular weight is 246 g/mol. The number of ether oxygens (including phenoxy) is 1. The molecule has 1 saturated carbocycles. The van der Waals surface area contributed by atoms with E-state index in [1.165, 1.54) is 31.2 Å². The van der Waals surface area contributed by atoms with Gasteiger partial charge in [-0.2, -0.15) is 0 Å². The van der Waals surface area contributed by atoms with E-state index in [0.717, 1.165) is 30.7 Å². The van der Waals surface area contributed by atoms with Crippen LogP contribution < -0.4 is 10.1 Å². The van der Waals surface area contributed by atoms with Crippen LogP contribution in [0.1, 0.15) is 44.1 Å². The van der Waals surface area contributed by atoms with Crippen molar-refractivity contribution in [1.29, 1.82) is 0 Å². The lowest BCUT2D eigenvalue weighted by atomic mass is 10.1. The van der Waals surface area contributed by atoms with Gasteiger partial charge in [-0.15, -0.1) is 0 Å². The first kappa shape index (κ1) is 12.0. The number of hydrogen-bond donors (Lipinski definition) is 1. The maximum Gasteiger partial charge on any atom is 0.137 e. The van der Waals surface area contributed by atoms with E-state index >= 15 is 0 Å². The van der Waals surface area contributed by atoms with Gasteiger partial charge in [0.1, 0.15) is 12.4 Å². The summed E-state index contributed by atoms with van der Waals surface area (Å²) in [6.45, 7) is 4.17. The highest BCUT2D eigenvalue weighted by Gasteiger charge is 2.37. The first-order chi connectivity index (χ1) is 8.86. The minimum Gasteiger partial charge on any atom is -0.490 e. The monoisotopic (exact) mass is 246 g/mol. The lowest BCUT2D eigenvalue weighted by Crippen LogP contribution is -2.46. The van der Waals surface area contributed by atoms with E-state index in [9.17, 15) is 0 Å². The Balaban J connectivity index is 1.55. The van der Waals surface area contributed by atoms with E-state index in [2.05, 4.69) is 23.3 Å². The summed E-state index contributed by atoms with van der Waals surface area (Å²) in [6, 6.07) is 2.73. The van der Waals surface area contributed by atoms with Gasteiger partial charge in [-0.3, -0.25) is 4.98 Å². The summed E-state index contributed by atoms with van der Waals surface area (Å²) in [7, 11) is 0. The van der Waals surface area contributed by atoms with Crippen molar-refractivity contribution in [3.05, 3.63) is 24.0 Å². The van der Waals surface area contributed by atoms with Gasteiger partial charge in [0.25, 0.3) is 0 Å². The Morgan fingerprint density at radius 3 is 3.06 bits per heavy atom. The normalized spacial score (nSPS) is 29.7. The second-order valence-electron chi connectivity index (χ2n) is 5.60. The summed E-state index contributed by atoms with van der Waals surface area (Å²) in [6.07, 6.45) is 9.05. The molecule has 98 valence electrons. The van der Waals surface area contributed by atoms with Gasteiger partial charge >= 0.3 is 0 Å². The van der Waals surface area contributed by atoms with Crippen molar-refractivity contribution >= 4 is 0 Å². The number of hydrogen-bond acceptors (Lipinski definition) is 3. The molecule has 3 atom stereocenters. The standard InChI is InChI=1S/C15H22N2O/c1-2-3-11-7-15(11)12-6-14(9-16-8-12)18-10-13-4-5-17-13/h6,8-9,11,13,15,17H,2-5,7,10H2,1H3/t11-,13-,15-/m0/s1. The van der Waals surface area contributed by atoms with Crippen LogP contribution in [-0.4, -0.2) is 24.2 Å². The molecule has 1 N–H and O–H groups in total. The predicted octanol–water partition coefficient (Wildman–Crippen LogP) is 2.73. The van der Waals surface area contributed by atoms with Crippen LogP contribution in [0.3, 0.4) is 0 Å². The van der Waals surface area contributed by atoms with E-state index in [4.69, 9.17) is 4.74 Å².